The Kier molecular flexibility index (Phi) is 5.76. The summed E-state index contributed by atoms with van der Waals surface area (Å²) >= 11 is 0. The molecule has 0 spiro atoms. The van der Waals surface area contributed by atoms with E-state index >= 15 is 0 Å². The Morgan fingerprint density at radius 1 is 1.04 bits per heavy atom. The lowest BCUT2D eigenvalue weighted by atomic mass is 9.80. The highest BCUT2D eigenvalue weighted by molar-refractivity contribution is 7.89. The van der Waals surface area contributed by atoms with Crippen molar-refractivity contribution >= 4 is 20.8 Å². The zero-order chi connectivity index (χ0) is 20.6. The molecule has 1 saturated heterocycles. The second-order valence-corrected chi connectivity index (χ2v) is 10.9. The highest BCUT2D eigenvalue weighted by Crippen LogP contribution is 2.30. The average molecular weight is 405 g/mol. The van der Waals surface area contributed by atoms with Crippen LogP contribution in [0.3, 0.4) is 0 Å². The molecule has 0 saturated carbocycles. The van der Waals surface area contributed by atoms with Crippen molar-refractivity contribution in [2.45, 2.75) is 75.9 Å². The first-order chi connectivity index (χ1) is 13.0. The Labute approximate surface area is 168 Å². The molecule has 0 aromatic heterocycles. The number of ether oxygens (including phenoxy) is 1. The average Bonchev–Trinajstić information content (AvgIpc) is 2.56. The van der Waals surface area contributed by atoms with Crippen LogP contribution in [0, 0.1) is 0 Å². The van der Waals surface area contributed by atoms with Crippen molar-refractivity contribution in [1.82, 2.24) is 10.0 Å². The predicted octanol–water partition coefficient (Wildman–Crippen LogP) is 4.22. The topological polar surface area (TPSA) is 67.4 Å². The summed E-state index contributed by atoms with van der Waals surface area (Å²) in [5.74, 6) is 0.808. The van der Waals surface area contributed by atoms with Crippen LogP contribution in [-0.2, 0) is 10.0 Å². The van der Waals surface area contributed by atoms with Gasteiger partial charge in [0.1, 0.15) is 5.75 Å². The third-order valence-electron chi connectivity index (χ3n) is 5.08. The van der Waals surface area contributed by atoms with E-state index in [1.165, 1.54) is 0 Å². The molecule has 2 aromatic carbocycles. The van der Waals surface area contributed by atoms with Gasteiger partial charge >= 0.3 is 0 Å². The molecule has 0 radical (unpaired) electrons. The molecule has 1 aliphatic heterocycles. The lowest BCUT2D eigenvalue weighted by molar-refractivity contribution is 0.157. The second kappa shape index (κ2) is 7.65. The van der Waals surface area contributed by atoms with E-state index in [4.69, 9.17) is 4.74 Å². The van der Waals surface area contributed by atoms with Gasteiger partial charge in [-0.2, -0.15) is 0 Å². The molecular weight excluding hydrogens is 372 g/mol. The monoisotopic (exact) mass is 404 g/mol. The van der Waals surface area contributed by atoms with E-state index in [-0.39, 0.29) is 17.1 Å². The molecule has 0 atom stereocenters. The molecule has 1 fully saturated rings. The Hall–Kier alpha value is -1.63. The van der Waals surface area contributed by atoms with E-state index in [2.05, 4.69) is 44.7 Å². The fourth-order valence-electron chi connectivity index (χ4n) is 4.37. The quantitative estimate of drug-likeness (QED) is 0.757. The van der Waals surface area contributed by atoms with Gasteiger partial charge < -0.3 is 10.1 Å². The van der Waals surface area contributed by atoms with Crippen molar-refractivity contribution in [3.8, 4) is 5.75 Å². The van der Waals surface area contributed by atoms with Crippen LogP contribution in [0.15, 0.2) is 41.3 Å². The van der Waals surface area contributed by atoms with Crippen LogP contribution in [-0.4, -0.2) is 32.1 Å². The molecule has 0 unspecified atom stereocenters. The van der Waals surface area contributed by atoms with Crippen LogP contribution in [0.4, 0.5) is 0 Å². The number of hydrogen-bond donors (Lipinski definition) is 2. The highest BCUT2D eigenvalue weighted by atomic mass is 32.2. The Morgan fingerprint density at radius 3 is 2.29 bits per heavy atom. The number of hydrogen-bond acceptors (Lipinski definition) is 4. The van der Waals surface area contributed by atoms with E-state index in [0.717, 1.165) is 35.8 Å². The van der Waals surface area contributed by atoms with Gasteiger partial charge in [0.15, 0.2) is 0 Å². The van der Waals surface area contributed by atoms with Gasteiger partial charge in [-0.05, 0) is 82.0 Å². The summed E-state index contributed by atoms with van der Waals surface area (Å²) < 4.78 is 34.6. The Bertz CT molecular complexity index is 935. The predicted molar refractivity (Wildman–Crippen MR) is 114 cm³/mol. The van der Waals surface area contributed by atoms with E-state index in [1.54, 1.807) is 12.1 Å². The molecule has 1 heterocycles. The molecule has 0 aliphatic carbocycles. The van der Waals surface area contributed by atoms with Crippen molar-refractivity contribution in [1.29, 1.82) is 0 Å². The van der Waals surface area contributed by atoms with Gasteiger partial charge in [0.25, 0.3) is 0 Å². The normalized spacial score (nSPS) is 19.6. The molecule has 2 aromatic rings. The van der Waals surface area contributed by atoms with Gasteiger partial charge in [-0.1, -0.05) is 19.1 Å². The maximum absolute atomic E-state index is 13.0. The van der Waals surface area contributed by atoms with E-state index in [0.29, 0.717) is 11.5 Å². The minimum absolute atomic E-state index is 0.100. The van der Waals surface area contributed by atoms with Gasteiger partial charge in [0.2, 0.25) is 10.0 Å². The fourth-order valence-corrected chi connectivity index (χ4v) is 5.64. The lowest BCUT2D eigenvalue weighted by Gasteiger charge is -2.46. The number of piperidine rings is 1. The molecule has 0 amide bonds. The summed E-state index contributed by atoms with van der Waals surface area (Å²) in [4.78, 5) is 0.302. The maximum Gasteiger partial charge on any atom is 0.240 e. The molecule has 1 aliphatic rings. The number of fused-ring (bicyclic) bond motifs is 1. The van der Waals surface area contributed by atoms with Crippen molar-refractivity contribution in [2.75, 3.05) is 6.61 Å². The van der Waals surface area contributed by atoms with Crippen molar-refractivity contribution in [3.63, 3.8) is 0 Å². The van der Waals surface area contributed by atoms with Crippen LogP contribution >= 0.6 is 0 Å². The minimum Gasteiger partial charge on any atom is -0.494 e. The summed E-state index contributed by atoms with van der Waals surface area (Å²) in [6.07, 6.45) is 2.45. The van der Waals surface area contributed by atoms with Gasteiger partial charge in [0.05, 0.1) is 11.5 Å². The Balaban J connectivity index is 1.82. The smallest absolute Gasteiger partial charge is 0.240 e. The summed E-state index contributed by atoms with van der Waals surface area (Å²) in [6.45, 7) is 11.2. The van der Waals surface area contributed by atoms with Gasteiger partial charge in [-0.15, -0.1) is 0 Å². The van der Waals surface area contributed by atoms with Crippen LogP contribution in [0.5, 0.6) is 5.75 Å². The number of rotatable bonds is 6. The number of benzene rings is 2. The lowest BCUT2D eigenvalue weighted by Crippen LogP contribution is -2.62. The van der Waals surface area contributed by atoms with Crippen molar-refractivity contribution < 1.29 is 13.2 Å². The largest absolute Gasteiger partial charge is 0.494 e. The molecule has 0 bridgehead atoms. The van der Waals surface area contributed by atoms with Gasteiger partial charge in [0, 0.05) is 17.1 Å². The molecule has 5 nitrogen and oxygen atoms in total. The zero-order valence-corrected chi connectivity index (χ0v) is 18.3. The van der Waals surface area contributed by atoms with Crippen molar-refractivity contribution in [3.05, 3.63) is 36.4 Å². The van der Waals surface area contributed by atoms with E-state index in [9.17, 15) is 8.42 Å². The maximum atomic E-state index is 13.0. The first-order valence-electron chi connectivity index (χ1n) is 9.98. The molecule has 154 valence electrons. The van der Waals surface area contributed by atoms with Crippen molar-refractivity contribution in [2.24, 2.45) is 0 Å². The summed E-state index contributed by atoms with van der Waals surface area (Å²) in [5.41, 5.74) is -0.236. The molecule has 3 rings (SSSR count). The van der Waals surface area contributed by atoms with E-state index in [1.807, 2.05) is 24.3 Å². The highest BCUT2D eigenvalue weighted by Gasteiger charge is 2.39. The second-order valence-electron chi connectivity index (χ2n) is 9.14. The third-order valence-corrected chi connectivity index (χ3v) is 6.60. The SMILES string of the molecule is CCCOc1ccc2cc(S(=O)(=O)NC3CC(C)(C)NC(C)(C)C3)ccc2c1. The third kappa shape index (κ3) is 5.04. The van der Waals surface area contributed by atoms with Crippen LogP contribution in [0.25, 0.3) is 10.8 Å². The van der Waals surface area contributed by atoms with Gasteiger partial charge in [-0.25, -0.2) is 13.1 Å². The molecule has 28 heavy (non-hydrogen) atoms. The van der Waals surface area contributed by atoms with Gasteiger partial charge in [-0.3, -0.25) is 0 Å². The standard InChI is InChI=1S/C22H32N2O3S/c1-6-11-27-19-9-7-17-13-20(10-8-16(17)12-19)28(25,26)23-18-14-21(2,3)24-22(4,5)15-18/h7-10,12-13,18,23-24H,6,11,14-15H2,1-5H3. The summed E-state index contributed by atoms with van der Waals surface area (Å²) in [6, 6.07) is 10.9. The first kappa shape index (κ1) is 21.1. The zero-order valence-electron chi connectivity index (χ0n) is 17.5. The fraction of sp³-hybridized carbons (Fsp3) is 0.545. The molecule has 6 heteroatoms. The summed E-state index contributed by atoms with van der Waals surface area (Å²) in [7, 11) is -3.59. The molecular formula is C22H32N2O3S. The Morgan fingerprint density at radius 2 is 1.64 bits per heavy atom. The first-order valence-corrected chi connectivity index (χ1v) is 11.5. The minimum atomic E-state index is -3.59. The number of nitrogens with one attached hydrogen (secondary N) is 2. The summed E-state index contributed by atoms with van der Waals surface area (Å²) in [5, 5.41) is 5.44. The van der Waals surface area contributed by atoms with E-state index < -0.39 is 10.0 Å². The van der Waals surface area contributed by atoms with Crippen LogP contribution in [0.2, 0.25) is 0 Å². The number of sulfonamides is 1. The van der Waals surface area contributed by atoms with Crippen LogP contribution in [0.1, 0.15) is 53.9 Å². The molecule has 2 N–H and O–H groups in total. The van der Waals surface area contributed by atoms with Crippen LogP contribution < -0.4 is 14.8 Å².